The van der Waals surface area contributed by atoms with Crippen LogP contribution in [0.3, 0.4) is 0 Å². The normalized spacial score (nSPS) is 23.0. The molecule has 4 nitrogen and oxygen atoms in total. The summed E-state index contributed by atoms with van der Waals surface area (Å²) in [6.45, 7) is 3.72. The van der Waals surface area contributed by atoms with Crippen LogP contribution >= 0.6 is 0 Å². The Bertz CT molecular complexity index is 451. The molecule has 0 aromatic heterocycles. The second kappa shape index (κ2) is 5.07. The molecule has 3 rings (SSSR count). The average molecular weight is 266 g/mol. The van der Waals surface area contributed by atoms with Gasteiger partial charge in [0.2, 0.25) is 0 Å². The molecule has 2 fully saturated rings. The third-order valence-corrected chi connectivity index (χ3v) is 3.90. The Kier molecular flexibility index (Phi) is 3.43. The fraction of sp³-hybridized carbons (Fsp3) is 0.571. The van der Waals surface area contributed by atoms with Crippen LogP contribution in [-0.2, 0) is 16.0 Å². The lowest BCUT2D eigenvalue weighted by molar-refractivity contribution is -0.185. The number of hydrogen-bond donors (Lipinski definition) is 1. The smallest absolute Gasteiger partial charge is 0.170 e. The summed E-state index contributed by atoms with van der Waals surface area (Å²) in [5.74, 6) is -0.593. The monoisotopic (exact) mass is 266 g/mol. The first-order valence-electron chi connectivity index (χ1n) is 6.71. The van der Waals surface area contributed by atoms with Crippen LogP contribution in [0.4, 0.5) is 10.1 Å². The summed E-state index contributed by atoms with van der Waals surface area (Å²) < 4.78 is 25.1. The SMILES string of the molecule is Nc1ccc(CN2CCC3(CC2)OCCO3)c(F)c1. The zero-order valence-electron chi connectivity index (χ0n) is 10.9. The lowest BCUT2D eigenvalue weighted by Crippen LogP contribution is -2.44. The summed E-state index contributed by atoms with van der Waals surface area (Å²) in [7, 11) is 0. The number of nitrogens with two attached hydrogens (primary N) is 1. The van der Waals surface area contributed by atoms with Crippen LogP contribution in [0.1, 0.15) is 18.4 Å². The Morgan fingerprint density at radius 2 is 1.89 bits per heavy atom. The number of rotatable bonds is 2. The molecular formula is C14H19FN2O2. The molecule has 5 heteroatoms. The van der Waals surface area contributed by atoms with Gasteiger partial charge in [-0.15, -0.1) is 0 Å². The van der Waals surface area contributed by atoms with Crippen molar-refractivity contribution in [2.75, 3.05) is 32.0 Å². The molecule has 2 aliphatic rings. The summed E-state index contributed by atoms with van der Waals surface area (Å²) in [6, 6.07) is 4.88. The number of anilines is 1. The Morgan fingerprint density at radius 1 is 1.21 bits per heavy atom. The van der Waals surface area contributed by atoms with E-state index in [1.165, 1.54) is 6.07 Å². The van der Waals surface area contributed by atoms with Crippen LogP contribution in [0, 0.1) is 5.82 Å². The molecule has 0 amide bonds. The van der Waals surface area contributed by atoms with E-state index in [0.717, 1.165) is 25.9 Å². The lowest BCUT2D eigenvalue weighted by atomic mass is 10.0. The Morgan fingerprint density at radius 3 is 2.53 bits per heavy atom. The van der Waals surface area contributed by atoms with E-state index < -0.39 is 0 Å². The van der Waals surface area contributed by atoms with Gasteiger partial charge in [0.1, 0.15) is 5.82 Å². The van der Waals surface area contributed by atoms with Crippen LogP contribution in [0.25, 0.3) is 0 Å². The summed E-state index contributed by atoms with van der Waals surface area (Å²) in [5.41, 5.74) is 6.71. The summed E-state index contributed by atoms with van der Waals surface area (Å²) >= 11 is 0. The number of halogens is 1. The van der Waals surface area contributed by atoms with Crippen LogP contribution in [-0.4, -0.2) is 37.0 Å². The van der Waals surface area contributed by atoms with Crippen LogP contribution < -0.4 is 5.73 Å². The maximum atomic E-state index is 13.7. The molecule has 19 heavy (non-hydrogen) atoms. The highest BCUT2D eigenvalue weighted by atomic mass is 19.1. The van der Waals surface area contributed by atoms with Gasteiger partial charge in [0, 0.05) is 43.7 Å². The molecule has 2 N–H and O–H groups in total. The molecule has 1 aromatic carbocycles. The largest absolute Gasteiger partial charge is 0.399 e. The van der Waals surface area contributed by atoms with E-state index in [-0.39, 0.29) is 11.6 Å². The first-order chi connectivity index (χ1) is 9.17. The van der Waals surface area contributed by atoms with Crippen LogP contribution in [0.5, 0.6) is 0 Å². The standard InChI is InChI=1S/C14H19FN2O2/c15-13-9-12(16)2-1-11(13)10-17-5-3-14(4-6-17)18-7-8-19-14/h1-2,9H,3-8,10,16H2. The van der Waals surface area contributed by atoms with Gasteiger partial charge in [-0.2, -0.15) is 0 Å². The number of nitrogens with zero attached hydrogens (tertiary/aromatic N) is 1. The number of piperidine rings is 1. The quantitative estimate of drug-likeness (QED) is 0.828. The molecule has 0 atom stereocenters. The van der Waals surface area contributed by atoms with Gasteiger partial charge < -0.3 is 15.2 Å². The number of benzene rings is 1. The van der Waals surface area contributed by atoms with Crippen molar-refractivity contribution >= 4 is 5.69 Å². The van der Waals surface area contributed by atoms with Gasteiger partial charge in [0.15, 0.2) is 5.79 Å². The predicted molar refractivity (Wildman–Crippen MR) is 70.0 cm³/mol. The zero-order valence-corrected chi connectivity index (χ0v) is 10.9. The minimum Gasteiger partial charge on any atom is -0.399 e. The first-order valence-corrected chi connectivity index (χ1v) is 6.71. The zero-order chi connectivity index (χ0) is 13.3. The van der Waals surface area contributed by atoms with Crippen molar-refractivity contribution in [1.29, 1.82) is 0 Å². The van der Waals surface area contributed by atoms with Gasteiger partial charge in [-0.1, -0.05) is 6.07 Å². The Hall–Kier alpha value is -1.17. The van der Waals surface area contributed by atoms with Crippen molar-refractivity contribution in [2.24, 2.45) is 0 Å². The van der Waals surface area contributed by atoms with Gasteiger partial charge in [-0.05, 0) is 12.1 Å². The minimum atomic E-state index is -0.365. The Labute approximate surface area is 112 Å². The third kappa shape index (κ3) is 2.73. The number of hydrogen-bond acceptors (Lipinski definition) is 4. The number of likely N-dealkylation sites (tertiary alicyclic amines) is 1. The van der Waals surface area contributed by atoms with Crippen molar-refractivity contribution < 1.29 is 13.9 Å². The molecule has 2 heterocycles. The summed E-state index contributed by atoms with van der Waals surface area (Å²) in [6.07, 6.45) is 1.70. The topological polar surface area (TPSA) is 47.7 Å². The molecule has 1 aromatic rings. The van der Waals surface area contributed by atoms with Crippen molar-refractivity contribution in [1.82, 2.24) is 4.90 Å². The Balaban J connectivity index is 1.60. The van der Waals surface area contributed by atoms with E-state index in [1.54, 1.807) is 12.1 Å². The van der Waals surface area contributed by atoms with E-state index in [4.69, 9.17) is 15.2 Å². The molecule has 0 saturated carbocycles. The summed E-state index contributed by atoms with van der Waals surface area (Å²) in [5, 5.41) is 0. The molecule has 0 radical (unpaired) electrons. The highest BCUT2D eigenvalue weighted by molar-refractivity contribution is 5.40. The van der Waals surface area contributed by atoms with Gasteiger partial charge in [-0.25, -0.2) is 4.39 Å². The van der Waals surface area contributed by atoms with Gasteiger partial charge >= 0.3 is 0 Å². The molecule has 2 aliphatic heterocycles. The number of ether oxygens (including phenoxy) is 2. The fourth-order valence-electron chi connectivity index (χ4n) is 2.77. The minimum absolute atomic E-state index is 0.228. The van der Waals surface area contributed by atoms with E-state index in [1.807, 2.05) is 0 Å². The maximum absolute atomic E-state index is 13.7. The second-order valence-electron chi connectivity index (χ2n) is 5.23. The van der Waals surface area contributed by atoms with Gasteiger partial charge in [0.25, 0.3) is 0 Å². The molecule has 0 aliphatic carbocycles. The van der Waals surface area contributed by atoms with Crippen molar-refractivity contribution in [3.05, 3.63) is 29.6 Å². The highest BCUT2D eigenvalue weighted by Crippen LogP contribution is 2.31. The first kappa shape index (κ1) is 12.8. The lowest BCUT2D eigenvalue weighted by Gasteiger charge is -2.37. The predicted octanol–water partition coefficient (Wildman–Crippen LogP) is 1.75. The molecule has 104 valence electrons. The van der Waals surface area contributed by atoms with Gasteiger partial charge in [-0.3, -0.25) is 4.90 Å². The van der Waals surface area contributed by atoms with E-state index in [0.29, 0.717) is 31.0 Å². The van der Waals surface area contributed by atoms with Crippen molar-refractivity contribution in [3.63, 3.8) is 0 Å². The van der Waals surface area contributed by atoms with E-state index in [9.17, 15) is 4.39 Å². The van der Waals surface area contributed by atoms with Crippen LogP contribution in [0.15, 0.2) is 18.2 Å². The van der Waals surface area contributed by atoms with E-state index >= 15 is 0 Å². The third-order valence-electron chi connectivity index (χ3n) is 3.90. The number of nitrogen functional groups attached to an aromatic ring is 1. The highest BCUT2D eigenvalue weighted by Gasteiger charge is 2.39. The van der Waals surface area contributed by atoms with Gasteiger partial charge in [0.05, 0.1) is 13.2 Å². The van der Waals surface area contributed by atoms with Crippen molar-refractivity contribution in [3.8, 4) is 0 Å². The maximum Gasteiger partial charge on any atom is 0.170 e. The molecule has 0 bridgehead atoms. The molecule has 0 unspecified atom stereocenters. The van der Waals surface area contributed by atoms with E-state index in [2.05, 4.69) is 4.90 Å². The summed E-state index contributed by atoms with van der Waals surface area (Å²) in [4.78, 5) is 2.23. The molecule has 1 spiro atoms. The average Bonchev–Trinajstić information content (AvgIpc) is 2.84. The second-order valence-corrected chi connectivity index (χ2v) is 5.23. The fourth-order valence-corrected chi connectivity index (χ4v) is 2.77. The molecular weight excluding hydrogens is 247 g/mol. The van der Waals surface area contributed by atoms with Crippen LogP contribution in [0.2, 0.25) is 0 Å². The van der Waals surface area contributed by atoms with Crippen molar-refractivity contribution in [2.45, 2.75) is 25.2 Å². The molecule has 2 saturated heterocycles.